The molecule has 2 aliphatic heterocycles. The molecule has 0 saturated carbocycles. The van der Waals surface area contributed by atoms with Gasteiger partial charge in [0.05, 0.1) is 37.8 Å². The van der Waals surface area contributed by atoms with E-state index in [4.69, 9.17) is 39.3 Å². The summed E-state index contributed by atoms with van der Waals surface area (Å²) in [6.07, 6.45) is 1.76. The lowest BCUT2D eigenvalue weighted by Gasteiger charge is -2.37. The first kappa shape index (κ1) is 26.7. The number of aliphatic hydroxyl groups excluding tert-OH is 1. The second-order valence-corrected chi connectivity index (χ2v) is 8.55. The topological polar surface area (TPSA) is 131 Å². The zero-order valence-corrected chi connectivity index (χ0v) is 20.9. The summed E-state index contributed by atoms with van der Waals surface area (Å²) in [6, 6.07) is 12.8. The number of amides is 1. The molecule has 2 aliphatic rings. The molecular weight excluding hydrogens is 480 g/mol. The Kier molecular flexibility index (Phi) is 9.61. The number of hydrogen-bond acceptors (Lipinski definition) is 9. The van der Waals surface area contributed by atoms with E-state index >= 15 is 0 Å². The summed E-state index contributed by atoms with van der Waals surface area (Å²) in [5.74, 6) is 0.717. The molecule has 200 valence electrons. The van der Waals surface area contributed by atoms with Crippen molar-refractivity contribution in [3.05, 3.63) is 59.9 Å². The van der Waals surface area contributed by atoms with Crippen LogP contribution in [0.25, 0.3) is 0 Å². The maximum Gasteiger partial charge on any atom is 0.290 e. The van der Waals surface area contributed by atoms with Crippen LogP contribution in [0.1, 0.15) is 24.8 Å². The first-order chi connectivity index (χ1) is 18.1. The Morgan fingerprint density at radius 3 is 2.65 bits per heavy atom. The average Bonchev–Trinajstić information content (AvgIpc) is 3.38. The van der Waals surface area contributed by atoms with Crippen molar-refractivity contribution >= 4 is 17.3 Å². The summed E-state index contributed by atoms with van der Waals surface area (Å²) >= 11 is 0. The monoisotopic (exact) mass is 514 g/mol. The third kappa shape index (κ3) is 6.92. The van der Waals surface area contributed by atoms with Crippen LogP contribution in [-0.2, 0) is 23.7 Å². The number of para-hydroxylation sites is 2. The standard InChI is InChI=1S/C27H34N2O8/c1-2-34-27-19(9-11-32-13-14-33-12-10-30)20(18-7-8-23-24(15-18)36-17-35-23)16-25(37-27)26(31)29-22-6-4-3-5-21(22)28/h3-8,15-16,19-20,27,30H,2,9-14,17,28H2,1H3,(H,29,31). The maximum atomic E-state index is 13.2. The maximum absolute atomic E-state index is 13.2. The number of hydrogen-bond donors (Lipinski definition) is 3. The largest absolute Gasteiger partial charge is 0.459 e. The summed E-state index contributed by atoms with van der Waals surface area (Å²) in [6.45, 7) is 3.97. The Labute approximate surface area is 216 Å². The van der Waals surface area contributed by atoms with Gasteiger partial charge in [-0.05, 0) is 49.2 Å². The Bertz CT molecular complexity index is 1080. The lowest BCUT2D eigenvalue weighted by molar-refractivity contribution is -0.166. The summed E-state index contributed by atoms with van der Waals surface area (Å²) in [5, 5.41) is 11.7. The van der Waals surface area contributed by atoms with E-state index in [2.05, 4.69) is 5.32 Å². The number of carbonyl (C=O) groups is 1. The second-order valence-electron chi connectivity index (χ2n) is 8.55. The van der Waals surface area contributed by atoms with Gasteiger partial charge in [0, 0.05) is 25.0 Å². The normalized spacial score (nSPS) is 20.3. The van der Waals surface area contributed by atoms with Gasteiger partial charge in [-0.1, -0.05) is 18.2 Å². The summed E-state index contributed by atoms with van der Waals surface area (Å²) in [4.78, 5) is 13.2. The molecule has 0 bridgehead atoms. The van der Waals surface area contributed by atoms with Gasteiger partial charge in [0.15, 0.2) is 17.3 Å². The van der Waals surface area contributed by atoms with Crippen molar-refractivity contribution in [3.63, 3.8) is 0 Å². The van der Waals surface area contributed by atoms with Crippen molar-refractivity contribution in [1.82, 2.24) is 0 Å². The van der Waals surface area contributed by atoms with E-state index in [1.54, 1.807) is 24.3 Å². The number of nitrogens with one attached hydrogen (secondary N) is 1. The molecule has 37 heavy (non-hydrogen) atoms. The Hall–Kier alpha value is -3.31. The van der Waals surface area contributed by atoms with Crippen LogP contribution in [0.2, 0.25) is 0 Å². The molecule has 0 fully saturated rings. The number of rotatable bonds is 13. The molecule has 4 N–H and O–H groups in total. The SMILES string of the molecule is CCOC1OC(C(=O)Nc2ccccc2N)=CC(c2ccc3c(c2)OCO3)C1CCOCCOCCO. The number of carbonyl (C=O) groups excluding carboxylic acids is 1. The fourth-order valence-electron chi connectivity index (χ4n) is 4.34. The number of benzene rings is 2. The van der Waals surface area contributed by atoms with E-state index in [0.717, 1.165) is 5.56 Å². The van der Waals surface area contributed by atoms with Crippen molar-refractivity contribution in [3.8, 4) is 11.5 Å². The first-order valence-corrected chi connectivity index (χ1v) is 12.4. The van der Waals surface area contributed by atoms with E-state index in [9.17, 15) is 4.79 Å². The predicted octanol–water partition coefficient (Wildman–Crippen LogP) is 3.03. The Balaban J connectivity index is 1.56. The molecule has 3 unspecified atom stereocenters. The van der Waals surface area contributed by atoms with Crippen molar-refractivity contribution in [2.75, 3.05) is 57.5 Å². The van der Waals surface area contributed by atoms with Gasteiger partial charge in [-0.15, -0.1) is 0 Å². The highest BCUT2D eigenvalue weighted by Gasteiger charge is 2.38. The number of allylic oxidation sites excluding steroid dienone is 1. The molecule has 10 nitrogen and oxygen atoms in total. The van der Waals surface area contributed by atoms with E-state index in [1.807, 2.05) is 31.2 Å². The molecule has 0 spiro atoms. The highest BCUT2D eigenvalue weighted by atomic mass is 16.7. The molecule has 1 amide bonds. The second kappa shape index (κ2) is 13.3. The van der Waals surface area contributed by atoms with Gasteiger partial charge in [-0.25, -0.2) is 0 Å². The molecule has 0 aromatic heterocycles. The van der Waals surface area contributed by atoms with Crippen LogP contribution in [0.3, 0.4) is 0 Å². The molecule has 2 heterocycles. The molecular formula is C27H34N2O8. The van der Waals surface area contributed by atoms with Crippen molar-refractivity contribution in [2.24, 2.45) is 5.92 Å². The number of anilines is 2. The average molecular weight is 515 g/mol. The summed E-state index contributed by atoms with van der Waals surface area (Å²) in [5.41, 5.74) is 7.91. The highest BCUT2D eigenvalue weighted by Crippen LogP contribution is 2.42. The lowest BCUT2D eigenvalue weighted by atomic mass is 9.81. The zero-order valence-electron chi connectivity index (χ0n) is 20.9. The van der Waals surface area contributed by atoms with Gasteiger partial charge in [0.2, 0.25) is 13.1 Å². The highest BCUT2D eigenvalue weighted by molar-refractivity contribution is 6.04. The van der Waals surface area contributed by atoms with Crippen LogP contribution in [0, 0.1) is 5.92 Å². The van der Waals surface area contributed by atoms with Gasteiger partial charge < -0.3 is 44.6 Å². The molecule has 0 radical (unpaired) electrons. The number of nitrogen functional groups attached to an aromatic ring is 1. The third-order valence-corrected chi connectivity index (χ3v) is 6.13. The number of ether oxygens (including phenoxy) is 6. The summed E-state index contributed by atoms with van der Waals surface area (Å²) < 4.78 is 34.1. The zero-order chi connectivity index (χ0) is 26.0. The lowest BCUT2D eigenvalue weighted by Crippen LogP contribution is -2.38. The van der Waals surface area contributed by atoms with E-state index in [0.29, 0.717) is 55.7 Å². The van der Waals surface area contributed by atoms with Gasteiger partial charge in [-0.3, -0.25) is 4.79 Å². The Morgan fingerprint density at radius 1 is 1.08 bits per heavy atom. The van der Waals surface area contributed by atoms with Crippen molar-refractivity contribution in [1.29, 1.82) is 0 Å². The molecule has 4 rings (SSSR count). The minimum Gasteiger partial charge on any atom is -0.459 e. The van der Waals surface area contributed by atoms with Crippen molar-refractivity contribution in [2.45, 2.75) is 25.6 Å². The van der Waals surface area contributed by atoms with E-state index in [1.165, 1.54) is 0 Å². The number of fused-ring (bicyclic) bond motifs is 1. The van der Waals surface area contributed by atoms with Crippen LogP contribution in [0.15, 0.2) is 54.3 Å². The van der Waals surface area contributed by atoms with Gasteiger partial charge in [0.1, 0.15) is 0 Å². The molecule has 0 aliphatic carbocycles. The smallest absolute Gasteiger partial charge is 0.290 e. The number of nitrogens with two attached hydrogens (primary N) is 1. The van der Waals surface area contributed by atoms with E-state index in [-0.39, 0.29) is 37.6 Å². The van der Waals surface area contributed by atoms with Gasteiger partial charge >= 0.3 is 0 Å². The first-order valence-electron chi connectivity index (χ1n) is 12.4. The minimum absolute atomic E-state index is 0.0221. The van der Waals surface area contributed by atoms with Crippen molar-refractivity contribution < 1.29 is 38.3 Å². The molecule has 10 heteroatoms. The molecule has 3 atom stereocenters. The molecule has 2 aromatic rings. The summed E-state index contributed by atoms with van der Waals surface area (Å²) in [7, 11) is 0. The minimum atomic E-state index is -0.673. The van der Waals surface area contributed by atoms with Crippen LogP contribution < -0.4 is 20.5 Å². The quantitative estimate of drug-likeness (QED) is 0.273. The van der Waals surface area contributed by atoms with Gasteiger partial charge in [0.25, 0.3) is 5.91 Å². The molecule has 2 aromatic carbocycles. The predicted molar refractivity (Wildman–Crippen MR) is 136 cm³/mol. The number of aliphatic hydroxyl groups is 1. The van der Waals surface area contributed by atoms with Crippen LogP contribution in [0.4, 0.5) is 11.4 Å². The van der Waals surface area contributed by atoms with E-state index < -0.39 is 12.2 Å². The Morgan fingerprint density at radius 2 is 1.86 bits per heavy atom. The van der Waals surface area contributed by atoms with Crippen LogP contribution in [0.5, 0.6) is 11.5 Å². The van der Waals surface area contributed by atoms with Crippen LogP contribution in [-0.4, -0.2) is 63.7 Å². The third-order valence-electron chi connectivity index (χ3n) is 6.13. The fourth-order valence-corrected chi connectivity index (χ4v) is 4.34. The molecule has 0 saturated heterocycles. The fraction of sp³-hybridized carbons (Fsp3) is 0.444. The van der Waals surface area contributed by atoms with Gasteiger partial charge in [-0.2, -0.15) is 0 Å². The van der Waals surface area contributed by atoms with Crippen LogP contribution >= 0.6 is 0 Å².